The fourth-order valence-electron chi connectivity index (χ4n) is 2.60. The first-order valence-corrected chi connectivity index (χ1v) is 7.56. The van der Waals surface area contributed by atoms with Gasteiger partial charge in [-0.25, -0.2) is 4.98 Å². The number of nitrogens with zero attached hydrogens (tertiary/aromatic N) is 5. The Morgan fingerprint density at radius 3 is 2.78 bits per heavy atom. The number of aromatic nitrogens is 5. The lowest BCUT2D eigenvalue weighted by atomic mass is 10.0. The SMILES string of the molecule is CC(C)c1cccc(Nc2nc3ccccc3n3nnnc23)c1. The smallest absolute Gasteiger partial charge is 0.222 e. The first kappa shape index (κ1) is 13.6. The van der Waals surface area contributed by atoms with Crippen molar-refractivity contribution in [1.82, 2.24) is 25.0 Å². The molecule has 4 aromatic rings. The van der Waals surface area contributed by atoms with Crippen molar-refractivity contribution in [2.75, 3.05) is 5.32 Å². The standard InChI is InChI=1S/C17H16N6/c1-11(2)12-6-5-7-13(10-12)18-16-17-20-21-22-23(17)15-9-4-3-8-14(15)19-16/h3-11H,1-2H3,(H,18,19). The van der Waals surface area contributed by atoms with Crippen molar-refractivity contribution in [3.8, 4) is 0 Å². The van der Waals surface area contributed by atoms with Crippen molar-refractivity contribution in [2.24, 2.45) is 0 Å². The third kappa shape index (κ3) is 2.38. The largest absolute Gasteiger partial charge is 0.337 e. The van der Waals surface area contributed by atoms with E-state index in [4.69, 9.17) is 0 Å². The van der Waals surface area contributed by atoms with Crippen LogP contribution in [0.15, 0.2) is 48.5 Å². The quantitative estimate of drug-likeness (QED) is 0.627. The van der Waals surface area contributed by atoms with Crippen molar-refractivity contribution < 1.29 is 0 Å². The average Bonchev–Trinajstić information content (AvgIpc) is 3.05. The van der Waals surface area contributed by atoms with E-state index in [0.717, 1.165) is 16.7 Å². The van der Waals surface area contributed by atoms with Gasteiger partial charge in [0.1, 0.15) is 0 Å². The minimum atomic E-state index is 0.469. The summed E-state index contributed by atoms with van der Waals surface area (Å²) in [5.41, 5.74) is 4.58. The summed E-state index contributed by atoms with van der Waals surface area (Å²) in [5.74, 6) is 1.12. The van der Waals surface area contributed by atoms with Crippen LogP contribution in [0.1, 0.15) is 25.3 Å². The first-order chi connectivity index (χ1) is 11.2. The molecule has 0 saturated carbocycles. The Labute approximate surface area is 133 Å². The Morgan fingerprint density at radius 2 is 1.91 bits per heavy atom. The van der Waals surface area contributed by atoms with Crippen LogP contribution < -0.4 is 5.32 Å². The van der Waals surface area contributed by atoms with E-state index in [9.17, 15) is 0 Å². The molecule has 0 fully saturated rings. The number of para-hydroxylation sites is 2. The Balaban J connectivity index is 1.84. The summed E-state index contributed by atoms with van der Waals surface area (Å²) in [6, 6.07) is 16.1. The zero-order valence-corrected chi connectivity index (χ0v) is 12.9. The molecule has 0 unspecified atom stereocenters. The Kier molecular flexibility index (Phi) is 3.15. The monoisotopic (exact) mass is 304 g/mol. The van der Waals surface area contributed by atoms with E-state index in [2.05, 4.69) is 51.8 Å². The second-order valence-electron chi connectivity index (χ2n) is 5.77. The predicted octanol–water partition coefficient (Wildman–Crippen LogP) is 3.54. The lowest BCUT2D eigenvalue weighted by Crippen LogP contribution is -2.01. The molecule has 0 saturated heterocycles. The molecule has 0 aliphatic heterocycles. The van der Waals surface area contributed by atoms with Gasteiger partial charge in [0.05, 0.1) is 11.0 Å². The third-order valence-corrected chi connectivity index (χ3v) is 3.84. The van der Waals surface area contributed by atoms with E-state index in [-0.39, 0.29) is 0 Å². The summed E-state index contributed by atoms with van der Waals surface area (Å²) in [5, 5.41) is 15.3. The van der Waals surface area contributed by atoms with E-state index < -0.39 is 0 Å². The summed E-state index contributed by atoms with van der Waals surface area (Å²) in [4.78, 5) is 4.67. The normalized spacial score (nSPS) is 11.4. The molecule has 1 N–H and O–H groups in total. The predicted molar refractivity (Wildman–Crippen MR) is 89.9 cm³/mol. The molecule has 0 aliphatic rings. The Hall–Kier alpha value is -3.02. The molecule has 0 radical (unpaired) electrons. The van der Waals surface area contributed by atoms with Gasteiger partial charge in [-0.05, 0) is 46.2 Å². The van der Waals surface area contributed by atoms with E-state index >= 15 is 0 Å². The molecule has 114 valence electrons. The molecular formula is C17H16N6. The summed E-state index contributed by atoms with van der Waals surface area (Å²) in [6.07, 6.45) is 0. The molecule has 0 amide bonds. The minimum absolute atomic E-state index is 0.469. The second kappa shape index (κ2) is 5.31. The van der Waals surface area contributed by atoms with Gasteiger partial charge >= 0.3 is 0 Å². The van der Waals surface area contributed by atoms with Gasteiger partial charge in [0, 0.05) is 5.69 Å². The van der Waals surface area contributed by atoms with Gasteiger partial charge in [-0.1, -0.05) is 38.1 Å². The van der Waals surface area contributed by atoms with Crippen LogP contribution in [0.2, 0.25) is 0 Å². The fourth-order valence-corrected chi connectivity index (χ4v) is 2.60. The number of anilines is 2. The van der Waals surface area contributed by atoms with Gasteiger partial charge in [0.25, 0.3) is 0 Å². The molecule has 23 heavy (non-hydrogen) atoms. The number of fused-ring (bicyclic) bond motifs is 3. The lowest BCUT2D eigenvalue weighted by Gasteiger charge is -2.11. The van der Waals surface area contributed by atoms with Crippen molar-refractivity contribution in [3.63, 3.8) is 0 Å². The molecule has 2 aromatic carbocycles. The van der Waals surface area contributed by atoms with Gasteiger partial charge in [0.2, 0.25) is 5.65 Å². The maximum absolute atomic E-state index is 4.67. The van der Waals surface area contributed by atoms with Crippen LogP contribution in [0.3, 0.4) is 0 Å². The maximum Gasteiger partial charge on any atom is 0.222 e. The Bertz CT molecular complexity index is 989. The number of hydrogen-bond acceptors (Lipinski definition) is 5. The highest BCUT2D eigenvalue weighted by Gasteiger charge is 2.11. The van der Waals surface area contributed by atoms with Crippen molar-refractivity contribution >= 4 is 28.2 Å². The lowest BCUT2D eigenvalue weighted by molar-refractivity contribution is 0.841. The van der Waals surface area contributed by atoms with Gasteiger partial charge in [-0.3, -0.25) is 0 Å². The topological polar surface area (TPSA) is 68.0 Å². The molecule has 0 spiro atoms. The van der Waals surface area contributed by atoms with Gasteiger partial charge in [-0.15, -0.1) is 5.10 Å². The van der Waals surface area contributed by atoms with E-state index in [1.54, 1.807) is 4.52 Å². The molecular weight excluding hydrogens is 288 g/mol. The van der Waals surface area contributed by atoms with Crippen LogP contribution in [-0.4, -0.2) is 25.0 Å². The van der Waals surface area contributed by atoms with Gasteiger partial charge in [0.15, 0.2) is 5.82 Å². The number of rotatable bonds is 3. The highest BCUT2D eigenvalue weighted by molar-refractivity contribution is 5.83. The van der Waals surface area contributed by atoms with Crippen molar-refractivity contribution in [2.45, 2.75) is 19.8 Å². The molecule has 6 nitrogen and oxygen atoms in total. The fraction of sp³-hybridized carbons (Fsp3) is 0.176. The zero-order chi connectivity index (χ0) is 15.8. The number of tetrazole rings is 1. The second-order valence-corrected chi connectivity index (χ2v) is 5.77. The molecule has 0 aliphatic carbocycles. The van der Waals surface area contributed by atoms with Crippen molar-refractivity contribution in [1.29, 1.82) is 0 Å². The van der Waals surface area contributed by atoms with E-state index in [1.165, 1.54) is 5.56 Å². The van der Waals surface area contributed by atoms with Crippen LogP contribution in [0.5, 0.6) is 0 Å². The van der Waals surface area contributed by atoms with Gasteiger partial charge < -0.3 is 5.32 Å². The molecule has 0 bridgehead atoms. The summed E-state index contributed by atoms with van der Waals surface area (Å²) in [6.45, 7) is 4.35. The van der Waals surface area contributed by atoms with E-state index in [1.807, 2.05) is 36.4 Å². The minimum Gasteiger partial charge on any atom is -0.337 e. The highest BCUT2D eigenvalue weighted by atomic mass is 15.5. The first-order valence-electron chi connectivity index (χ1n) is 7.56. The number of nitrogens with one attached hydrogen (secondary N) is 1. The highest BCUT2D eigenvalue weighted by Crippen LogP contribution is 2.24. The zero-order valence-electron chi connectivity index (χ0n) is 12.9. The maximum atomic E-state index is 4.67. The molecule has 2 aromatic heterocycles. The third-order valence-electron chi connectivity index (χ3n) is 3.84. The molecule has 2 heterocycles. The number of benzene rings is 2. The summed E-state index contributed by atoms with van der Waals surface area (Å²) in [7, 11) is 0. The van der Waals surface area contributed by atoms with Crippen LogP contribution >= 0.6 is 0 Å². The van der Waals surface area contributed by atoms with E-state index in [0.29, 0.717) is 17.4 Å². The van der Waals surface area contributed by atoms with Crippen LogP contribution in [0.25, 0.3) is 16.7 Å². The molecule has 6 heteroatoms. The van der Waals surface area contributed by atoms with Crippen LogP contribution in [-0.2, 0) is 0 Å². The van der Waals surface area contributed by atoms with Gasteiger partial charge in [-0.2, -0.15) is 4.52 Å². The van der Waals surface area contributed by atoms with Crippen LogP contribution in [0, 0.1) is 0 Å². The average molecular weight is 304 g/mol. The molecule has 0 atom stereocenters. The number of hydrogen-bond donors (Lipinski definition) is 1. The molecule has 4 rings (SSSR count). The van der Waals surface area contributed by atoms with Crippen molar-refractivity contribution in [3.05, 3.63) is 54.1 Å². The summed E-state index contributed by atoms with van der Waals surface area (Å²) < 4.78 is 1.71. The Morgan fingerprint density at radius 1 is 1.04 bits per heavy atom. The summed E-state index contributed by atoms with van der Waals surface area (Å²) >= 11 is 0. The van der Waals surface area contributed by atoms with Crippen LogP contribution in [0.4, 0.5) is 11.5 Å².